The molecule has 0 aromatic heterocycles. The van der Waals surface area contributed by atoms with Crippen molar-refractivity contribution in [1.82, 2.24) is 0 Å². The van der Waals surface area contributed by atoms with Gasteiger partial charge in [0.25, 0.3) is 0 Å². The lowest BCUT2D eigenvalue weighted by Crippen LogP contribution is -2.43. The number of ether oxygens (including phenoxy) is 2. The van der Waals surface area contributed by atoms with E-state index in [0.29, 0.717) is 19.6 Å². The van der Waals surface area contributed by atoms with Crippen molar-refractivity contribution in [3.63, 3.8) is 0 Å². The predicted octanol–water partition coefficient (Wildman–Crippen LogP) is 1.07. The Hall–Kier alpha value is -0.200. The van der Waals surface area contributed by atoms with Crippen LogP contribution in [0.15, 0.2) is 0 Å². The average molecular weight is 226 g/mol. The Kier molecular flexibility index (Phi) is 3.49. The summed E-state index contributed by atoms with van der Waals surface area (Å²) in [5.41, 5.74) is 0. The summed E-state index contributed by atoms with van der Waals surface area (Å²) in [7, 11) is -4.57. The van der Waals surface area contributed by atoms with E-state index in [9.17, 15) is 12.3 Å². The van der Waals surface area contributed by atoms with E-state index < -0.39 is 21.8 Å². The van der Waals surface area contributed by atoms with Crippen LogP contribution in [-0.4, -0.2) is 33.2 Å². The third-order valence-electron chi connectivity index (χ3n) is 2.51. The van der Waals surface area contributed by atoms with Gasteiger partial charge in [-0.2, -0.15) is 8.42 Å². The minimum absolute atomic E-state index is 0.143. The van der Waals surface area contributed by atoms with Crippen LogP contribution in [-0.2, 0) is 19.7 Å². The first-order valence-corrected chi connectivity index (χ1v) is 6.15. The second kappa shape index (κ2) is 4.12. The second-order valence-corrected chi connectivity index (χ2v) is 4.87. The summed E-state index contributed by atoms with van der Waals surface area (Å²) in [5, 5.41) is 0. The van der Waals surface area contributed by atoms with Crippen LogP contribution in [0.1, 0.15) is 20.3 Å². The van der Waals surface area contributed by atoms with Gasteiger partial charge in [0.2, 0.25) is 0 Å². The molecule has 1 fully saturated rings. The van der Waals surface area contributed by atoms with Crippen molar-refractivity contribution < 1.29 is 21.8 Å². The van der Waals surface area contributed by atoms with Gasteiger partial charge in [-0.05, 0) is 6.42 Å². The Labute approximate surface area is 83.6 Å². The minimum Gasteiger partial charge on any atom is -0.346 e. The summed E-state index contributed by atoms with van der Waals surface area (Å²) in [5.74, 6) is -2.13. The number of rotatable bonds is 4. The summed E-state index contributed by atoms with van der Waals surface area (Å²) in [4.78, 5) is 0. The van der Waals surface area contributed by atoms with Crippen molar-refractivity contribution >= 4 is 10.2 Å². The zero-order valence-electron chi connectivity index (χ0n) is 8.32. The maximum absolute atomic E-state index is 12.6. The molecule has 6 heteroatoms. The van der Waals surface area contributed by atoms with Crippen LogP contribution < -0.4 is 0 Å². The fraction of sp³-hybridized carbons (Fsp3) is 1.00. The van der Waals surface area contributed by atoms with Gasteiger partial charge in [-0.25, -0.2) is 0 Å². The van der Waals surface area contributed by atoms with E-state index in [2.05, 4.69) is 0 Å². The van der Waals surface area contributed by atoms with Crippen LogP contribution in [0.2, 0.25) is 0 Å². The van der Waals surface area contributed by atoms with E-state index in [1.165, 1.54) is 0 Å². The minimum atomic E-state index is -4.57. The van der Waals surface area contributed by atoms with Gasteiger partial charge >= 0.3 is 10.2 Å². The molecule has 0 spiro atoms. The van der Waals surface area contributed by atoms with Crippen molar-refractivity contribution in [2.24, 2.45) is 5.92 Å². The number of hydrogen-bond donors (Lipinski definition) is 0. The highest BCUT2D eigenvalue weighted by atomic mass is 32.3. The zero-order chi connectivity index (χ0) is 10.8. The van der Waals surface area contributed by atoms with Crippen molar-refractivity contribution in [2.45, 2.75) is 26.1 Å². The molecule has 0 N–H and O–H groups in total. The Morgan fingerprint density at radius 3 is 2.29 bits per heavy atom. The van der Waals surface area contributed by atoms with Crippen LogP contribution in [0.5, 0.6) is 0 Å². The highest BCUT2D eigenvalue weighted by Gasteiger charge is 2.45. The van der Waals surface area contributed by atoms with Crippen molar-refractivity contribution in [3.8, 4) is 0 Å². The first-order valence-electron chi connectivity index (χ1n) is 4.60. The predicted molar refractivity (Wildman–Crippen MR) is 49.0 cm³/mol. The van der Waals surface area contributed by atoms with Crippen LogP contribution in [0, 0.1) is 5.92 Å². The van der Waals surface area contributed by atoms with Crippen LogP contribution in [0.3, 0.4) is 0 Å². The molecule has 1 rings (SSSR count). The van der Waals surface area contributed by atoms with Gasteiger partial charge in [0.05, 0.1) is 13.2 Å². The van der Waals surface area contributed by atoms with E-state index in [4.69, 9.17) is 9.47 Å². The topological polar surface area (TPSA) is 52.6 Å². The van der Waals surface area contributed by atoms with Crippen LogP contribution >= 0.6 is 0 Å². The molecule has 0 aromatic rings. The molecule has 1 atom stereocenters. The Morgan fingerprint density at radius 2 is 1.93 bits per heavy atom. The van der Waals surface area contributed by atoms with E-state index in [0.717, 1.165) is 0 Å². The standard InChI is InChI=1S/C8H15FO4S/c1-3-7(2)8(6-14(9,10)11)12-4-5-13-8/h7H,3-6H2,1-2H3. The maximum atomic E-state index is 12.6. The van der Waals surface area contributed by atoms with Gasteiger partial charge in [-0.1, -0.05) is 13.8 Å². The highest BCUT2D eigenvalue weighted by Crippen LogP contribution is 2.32. The highest BCUT2D eigenvalue weighted by molar-refractivity contribution is 7.86. The lowest BCUT2D eigenvalue weighted by molar-refractivity contribution is -0.174. The molecule has 0 saturated carbocycles. The van der Waals surface area contributed by atoms with Crippen LogP contribution in [0.25, 0.3) is 0 Å². The number of hydrogen-bond acceptors (Lipinski definition) is 4. The summed E-state index contributed by atoms with van der Waals surface area (Å²) < 4.78 is 44.2. The smallest absolute Gasteiger partial charge is 0.307 e. The molecular formula is C8H15FO4S. The molecule has 1 aliphatic rings. The quantitative estimate of drug-likeness (QED) is 0.673. The third-order valence-corrected chi connectivity index (χ3v) is 3.26. The molecular weight excluding hydrogens is 211 g/mol. The number of halogens is 1. The van der Waals surface area contributed by atoms with Crippen molar-refractivity contribution in [3.05, 3.63) is 0 Å². The largest absolute Gasteiger partial charge is 0.346 e. The van der Waals surface area contributed by atoms with E-state index >= 15 is 0 Å². The van der Waals surface area contributed by atoms with E-state index in [1.54, 1.807) is 6.92 Å². The second-order valence-electron chi connectivity index (χ2n) is 3.50. The van der Waals surface area contributed by atoms with Crippen molar-refractivity contribution in [1.29, 1.82) is 0 Å². The summed E-state index contributed by atoms with van der Waals surface area (Å²) >= 11 is 0. The molecule has 14 heavy (non-hydrogen) atoms. The fourth-order valence-electron chi connectivity index (χ4n) is 1.53. The molecule has 0 radical (unpaired) electrons. The van der Waals surface area contributed by atoms with Gasteiger partial charge in [-0.15, -0.1) is 3.89 Å². The molecule has 1 unspecified atom stereocenters. The Bertz CT molecular complexity index is 282. The average Bonchev–Trinajstić information content (AvgIpc) is 2.49. The van der Waals surface area contributed by atoms with E-state index in [-0.39, 0.29) is 5.92 Å². The fourth-order valence-corrected chi connectivity index (χ4v) is 2.46. The normalized spacial score (nSPS) is 23.6. The van der Waals surface area contributed by atoms with Gasteiger partial charge in [0, 0.05) is 5.92 Å². The summed E-state index contributed by atoms with van der Waals surface area (Å²) in [6.45, 7) is 4.30. The molecule has 1 aliphatic heterocycles. The molecule has 1 saturated heterocycles. The molecule has 0 aromatic carbocycles. The molecule has 0 bridgehead atoms. The maximum Gasteiger partial charge on any atom is 0.307 e. The van der Waals surface area contributed by atoms with Gasteiger partial charge in [-0.3, -0.25) is 0 Å². The Morgan fingerprint density at radius 1 is 1.43 bits per heavy atom. The molecule has 84 valence electrons. The molecule has 4 nitrogen and oxygen atoms in total. The third kappa shape index (κ3) is 2.65. The van der Waals surface area contributed by atoms with Crippen molar-refractivity contribution in [2.75, 3.05) is 19.0 Å². The first-order chi connectivity index (χ1) is 6.40. The molecule has 1 heterocycles. The Balaban J connectivity index is 2.82. The van der Waals surface area contributed by atoms with Gasteiger partial charge in [0.15, 0.2) is 5.79 Å². The SMILES string of the molecule is CCC(C)C1(CS(=O)(=O)F)OCCO1. The van der Waals surface area contributed by atoms with Gasteiger partial charge < -0.3 is 9.47 Å². The van der Waals surface area contributed by atoms with E-state index in [1.807, 2.05) is 6.92 Å². The monoisotopic (exact) mass is 226 g/mol. The van der Waals surface area contributed by atoms with Crippen LogP contribution in [0.4, 0.5) is 3.89 Å². The summed E-state index contributed by atoms with van der Waals surface area (Å²) in [6, 6.07) is 0. The molecule has 0 aliphatic carbocycles. The molecule has 0 amide bonds. The zero-order valence-corrected chi connectivity index (χ0v) is 9.14. The van der Waals surface area contributed by atoms with Gasteiger partial charge in [0.1, 0.15) is 5.75 Å². The lowest BCUT2D eigenvalue weighted by Gasteiger charge is -2.31. The first kappa shape index (κ1) is 11.9. The lowest BCUT2D eigenvalue weighted by atomic mass is 9.99. The summed E-state index contributed by atoms with van der Waals surface area (Å²) in [6.07, 6.45) is 0.676.